The lowest BCUT2D eigenvalue weighted by Gasteiger charge is -2.24. The van der Waals surface area contributed by atoms with Crippen LogP contribution in [0.4, 0.5) is 4.39 Å². The highest BCUT2D eigenvalue weighted by Crippen LogP contribution is 2.23. The average molecular weight is 346 g/mol. The number of hydrogen-bond donors (Lipinski definition) is 1. The first kappa shape index (κ1) is 17.5. The highest BCUT2D eigenvalue weighted by molar-refractivity contribution is 5.78. The third kappa shape index (κ3) is 5.06. The third-order valence-corrected chi connectivity index (χ3v) is 4.37. The topological polar surface area (TPSA) is 54.7 Å². The zero-order valence-electron chi connectivity index (χ0n) is 14.1. The summed E-state index contributed by atoms with van der Waals surface area (Å²) in [4.78, 5) is 14.0. The average Bonchev–Trinajstić information content (AvgIpc) is 3.24. The van der Waals surface area contributed by atoms with E-state index in [1.54, 1.807) is 18.4 Å². The molecule has 0 saturated carbocycles. The number of furan rings is 1. The van der Waals surface area contributed by atoms with Gasteiger partial charge in [0.15, 0.2) is 0 Å². The van der Waals surface area contributed by atoms with E-state index in [1.807, 2.05) is 17.0 Å². The fourth-order valence-corrected chi connectivity index (χ4v) is 3.05. The van der Waals surface area contributed by atoms with Gasteiger partial charge in [0, 0.05) is 19.0 Å². The molecule has 1 amide bonds. The van der Waals surface area contributed by atoms with Crippen molar-refractivity contribution in [1.29, 1.82) is 0 Å². The van der Waals surface area contributed by atoms with Crippen LogP contribution in [0.25, 0.3) is 0 Å². The summed E-state index contributed by atoms with van der Waals surface area (Å²) < 4.78 is 23.7. The highest BCUT2D eigenvalue weighted by Gasteiger charge is 2.30. The van der Waals surface area contributed by atoms with E-state index >= 15 is 0 Å². The van der Waals surface area contributed by atoms with Crippen molar-refractivity contribution in [3.8, 4) is 5.75 Å². The Hall–Kier alpha value is -2.34. The molecule has 1 fully saturated rings. The van der Waals surface area contributed by atoms with Gasteiger partial charge in [-0.05, 0) is 55.8 Å². The van der Waals surface area contributed by atoms with Crippen molar-refractivity contribution in [3.05, 3.63) is 54.2 Å². The van der Waals surface area contributed by atoms with E-state index in [0.717, 1.165) is 25.1 Å². The lowest BCUT2D eigenvalue weighted by atomic mass is 10.1. The lowest BCUT2D eigenvalue weighted by Crippen LogP contribution is -2.35. The molecule has 6 heteroatoms. The minimum absolute atomic E-state index is 0.195. The molecule has 25 heavy (non-hydrogen) atoms. The normalized spacial score (nSPS) is 17.2. The van der Waals surface area contributed by atoms with E-state index in [9.17, 15) is 9.18 Å². The van der Waals surface area contributed by atoms with Gasteiger partial charge in [-0.1, -0.05) is 0 Å². The summed E-state index contributed by atoms with van der Waals surface area (Å²) >= 11 is 0. The zero-order valence-corrected chi connectivity index (χ0v) is 14.1. The summed E-state index contributed by atoms with van der Waals surface area (Å²) in [5.41, 5.74) is 0. The number of likely N-dealkylation sites (tertiary alicyclic amines) is 1. The van der Waals surface area contributed by atoms with Gasteiger partial charge >= 0.3 is 0 Å². The Balaban J connectivity index is 1.33. The smallest absolute Gasteiger partial charge is 0.223 e. The first-order valence-electron chi connectivity index (χ1n) is 8.63. The monoisotopic (exact) mass is 346 g/mol. The predicted octanol–water partition coefficient (Wildman–Crippen LogP) is 2.97. The molecular formula is C19H23FN2O3. The van der Waals surface area contributed by atoms with Crippen molar-refractivity contribution in [2.24, 2.45) is 0 Å². The first-order chi connectivity index (χ1) is 12.2. The van der Waals surface area contributed by atoms with Crippen molar-refractivity contribution in [3.63, 3.8) is 0 Å². The summed E-state index contributed by atoms with van der Waals surface area (Å²) in [6.45, 7) is 2.59. The van der Waals surface area contributed by atoms with E-state index in [-0.39, 0.29) is 17.8 Å². The Morgan fingerprint density at radius 1 is 1.24 bits per heavy atom. The molecule has 3 rings (SSSR count). The van der Waals surface area contributed by atoms with E-state index in [2.05, 4.69) is 5.32 Å². The Morgan fingerprint density at radius 2 is 2.08 bits per heavy atom. The van der Waals surface area contributed by atoms with E-state index in [0.29, 0.717) is 31.9 Å². The maximum Gasteiger partial charge on any atom is 0.223 e. The Kier molecular flexibility index (Phi) is 6.06. The van der Waals surface area contributed by atoms with E-state index in [4.69, 9.17) is 9.15 Å². The quantitative estimate of drug-likeness (QED) is 0.709. The summed E-state index contributed by atoms with van der Waals surface area (Å²) in [6.07, 6.45) is 4.04. The zero-order chi connectivity index (χ0) is 17.5. The van der Waals surface area contributed by atoms with Crippen molar-refractivity contribution in [1.82, 2.24) is 10.2 Å². The van der Waals surface area contributed by atoms with Crippen LogP contribution in [0.15, 0.2) is 47.1 Å². The number of nitrogens with one attached hydrogen (secondary N) is 1. The molecule has 0 spiro atoms. The van der Waals surface area contributed by atoms with E-state index in [1.165, 1.54) is 12.1 Å². The van der Waals surface area contributed by atoms with Gasteiger partial charge in [-0.2, -0.15) is 0 Å². The fraction of sp³-hybridized carbons (Fsp3) is 0.421. The molecule has 1 N–H and O–H groups in total. The second-order valence-electron chi connectivity index (χ2n) is 6.13. The van der Waals surface area contributed by atoms with Crippen LogP contribution < -0.4 is 10.1 Å². The number of carbonyl (C=O) groups is 1. The summed E-state index contributed by atoms with van der Waals surface area (Å²) in [7, 11) is 0. The minimum Gasteiger partial charge on any atom is -0.492 e. The largest absolute Gasteiger partial charge is 0.492 e. The Bertz CT molecular complexity index is 658. The van der Waals surface area contributed by atoms with Crippen LogP contribution in [-0.2, 0) is 11.3 Å². The number of nitrogens with zero attached hydrogens (tertiary/aromatic N) is 1. The minimum atomic E-state index is -0.268. The van der Waals surface area contributed by atoms with Crippen LogP contribution in [0.5, 0.6) is 5.75 Å². The van der Waals surface area contributed by atoms with Crippen molar-refractivity contribution >= 4 is 5.91 Å². The molecule has 2 heterocycles. The van der Waals surface area contributed by atoms with E-state index < -0.39 is 0 Å². The van der Waals surface area contributed by atoms with Crippen molar-refractivity contribution in [2.45, 2.75) is 31.8 Å². The summed E-state index contributed by atoms with van der Waals surface area (Å²) in [5, 5.41) is 3.33. The number of rotatable bonds is 9. The molecule has 0 unspecified atom stereocenters. The molecule has 1 aromatic carbocycles. The molecule has 2 aromatic rings. The third-order valence-electron chi connectivity index (χ3n) is 4.37. The van der Waals surface area contributed by atoms with Gasteiger partial charge in [0.05, 0.1) is 12.8 Å². The molecule has 134 valence electrons. The van der Waals surface area contributed by atoms with Crippen molar-refractivity contribution < 1.29 is 18.3 Å². The molecule has 1 aromatic heterocycles. The van der Waals surface area contributed by atoms with Gasteiger partial charge in [0.1, 0.15) is 23.9 Å². The van der Waals surface area contributed by atoms with Crippen LogP contribution in [0, 0.1) is 5.82 Å². The van der Waals surface area contributed by atoms with Crippen LogP contribution in [0.2, 0.25) is 0 Å². The molecule has 1 saturated heterocycles. The van der Waals surface area contributed by atoms with Gasteiger partial charge in [0.2, 0.25) is 5.91 Å². The molecule has 0 aliphatic carbocycles. The molecule has 1 aliphatic rings. The number of hydrogen-bond acceptors (Lipinski definition) is 4. The molecule has 1 atom stereocenters. The summed E-state index contributed by atoms with van der Waals surface area (Å²) in [5.74, 6) is 1.41. The Morgan fingerprint density at radius 3 is 2.84 bits per heavy atom. The molecule has 0 bridgehead atoms. The Labute approximate surface area is 146 Å². The highest BCUT2D eigenvalue weighted by atomic mass is 19.1. The van der Waals surface area contributed by atoms with Gasteiger partial charge in [-0.3, -0.25) is 4.79 Å². The van der Waals surface area contributed by atoms with Gasteiger partial charge in [0.25, 0.3) is 0 Å². The maximum atomic E-state index is 12.8. The summed E-state index contributed by atoms with van der Waals surface area (Å²) in [6, 6.07) is 9.99. The van der Waals surface area contributed by atoms with Gasteiger partial charge in [-0.15, -0.1) is 0 Å². The number of carbonyl (C=O) groups excluding carboxylic acids is 1. The second kappa shape index (κ2) is 8.67. The standard InChI is InChI=1S/C19H23FN2O3/c20-15-3-6-17(7-4-15)25-13-11-21-10-9-16-5-8-19(23)22(16)14-18-2-1-12-24-18/h1-4,6-7,12,16,21H,5,8-11,13-14H2/t16-/m0/s1. The fourth-order valence-electron chi connectivity index (χ4n) is 3.05. The SMILES string of the molecule is O=C1CC[C@@H](CCNCCOc2ccc(F)cc2)N1Cc1ccco1. The lowest BCUT2D eigenvalue weighted by molar-refractivity contribution is -0.129. The molecule has 1 aliphatic heterocycles. The molecular weight excluding hydrogens is 323 g/mol. The van der Waals surface area contributed by atoms with Gasteiger partial charge < -0.3 is 19.4 Å². The number of amides is 1. The second-order valence-corrected chi connectivity index (χ2v) is 6.13. The number of ether oxygens (including phenoxy) is 1. The molecule has 0 radical (unpaired) electrons. The van der Waals surface area contributed by atoms with Crippen LogP contribution in [-0.4, -0.2) is 36.5 Å². The first-order valence-corrected chi connectivity index (χ1v) is 8.63. The molecule has 5 nitrogen and oxygen atoms in total. The van der Waals surface area contributed by atoms with Crippen LogP contribution in [0.3, 0.4) is 0 Å². The van der Waals surface area contributed by atoms with Crippen LogP contribution >= 0.6 is 0 Å². The maximum absolute atomic E-state index is 12.8. The van der Waals surface area contributed by atoms with Crippen molar-refractivity contribution in [2.75, 3.05) is 19.7 Å². The number of benzene rings is 1. The predicted molar refractivity (Wildman–Crippen MR) is 91.7 cm³/mol. The van der Waals surface area contributed by atoms with Crippen LogP contribution in [0.1, 0.15) is 25.0 Å². The number of halogens is 1. The van der Waals surface area contributed by atoms with Gasteiger partial charge in [-0.25, -0.2) is 4.39 Å².